The first-order chi connectivity index (χ1) is 29.1. The van der Waals surface area contributed by atoms with E-state index in [2.05, 4.69) is 22.4 Å². The predicted molar refractivity (Wildman–Crippen MR) is 230 cm³/mol. The van der Waals surface area contributed by atoms with Crippen LogP contribution >= 0.6 is 23.2 Å². The standard InChI is InChI=1S/C49H41Cl2N3O6/c1-30-4-2-3-5-37(30)26-54-27-39-24-46-45(59-29-47(60-46)36-15-17-40(18-16-36)58-28-33-10-19-41(50)42(51)20-33)23-38(39)22-44(54)48(55)53-43(49(56)57)21-31-6-11-34(12-7-31)35-13-8-32(25-52)9-14-35/h2-20,23-24,43-44,47H,21-22,26-29H2,1H3,(H,53,55)(H,56,57)/t43-,44?,47+/m0/s1. The number of ether oxygens (including phenoxy) is 3. The maximum atomic E-state index is 14.2. The van der Waals surface area contributed by atoms with Crippen LogP contribution in [0.4, 0.5) is 0 Å². The van der Waals surface area contributed by atoms with Crippen LogP contribution in [-0.4, -0.2) is 40.6 Å². The highest BCUT2D eigenvalue weighted by atomic mass is 35.5. The van der Waals surface area contributed by atoms with E-state index in [0.717, 1.165) is 50.1 Å². The van der Waals surface area contributed by atoms with Crippen LogP contribution in [0.2, 0.25) is 10.0 Å². The molecule has 1 unspecified atom stereocenters. The smallest absolute Gasteiger partial charge is 0.326 e. The Morgan fingerprint density at radius 2 is 1.57 bits per heavy atom. The van der Waals surface area contributed by atoms with Crippen molar-refractivity contribution in [3.8, 4) is 34.4 Å². The van der Waals surface area contributed by atoms with Gasteiger partial charge in [0.1, 0.15) is 25.0 Å². The van der Waals surface area contributed by atoms with Gasteiger partial charge in [-0.3, -0.25) is 9.69 Å². The lowest BCUT2D eigenvalue weighted by molar-refractivity contribution is -0.142. The number of rotatable bonds is 12. The molecule has 0 spiro atoms. The van der Waals surface area contributed by atoms with Crippen LogP contribution in [0, 0.1) is 18.3 Å². The van der Waals surface area contributed by atoms with Gasteiger partial charge in [-0.2, -0.15) is 5.26 Å². The molecule has 6 aromatic rings. The monoisotopic (exact) mass is 837 g/mol. The number of nitrogens with zero attached hydrogens (tertiary/aromatic N) is 2. The van der Waals surface area contributed by atoms with E-state index in [1.54, 1.807) is 24.3 Å². The van der Waals surface area contributed by atoms with Crippen molar-refractivity contribution in [1.82, 2.24) is 10.2 Å². The second kappa shape index (κ2) is 17.9. The average Bonchev–Trinajstić information content (AvgIpc) is 3.26. The molecule has 8 rings (SSSR count). The summed E-state index contributed by atoms with van der Waals surface area (Å²) in [6.07, 6.45) is 0.136. The van der Waals surface area contributed by atoms with Crippen molar-refractivity contribution in [2.24, 2.45) is 0 Å². The average molecular weight is 839 g/mol. The summed E-state index contributed by atoms with van der Waals surface area (Å²) >= 11 is 12.2. The van der Waals surface area contributed by atoms with Gasteiger partial charge in [-0.25, -0.2) is 4.79 Å². The highest BCUT2D eigenvalue weighted by molar-refractivity contribution is 6.42. The van der Waals surface area contributed by atoms with Crippen LogP contribution < -0.4 is 19.5 Å². The molecule has 0 saturated carbocycles. The summed E-state index contributed by atoms with van der Waals surface area (Å²) in [4.78, 5) is 28.9. The Morgan fingerprint density at radius 1 is 0.867 bits per heavy atom. The van der Waals surface area contributed by atoms with Gasteiger partial charge in [0.2, 0.25) is 5.91 Å². The molecule has 2 N–H and O–H groups in total. The molecule has 2 heterocycles. The van der Waals surface area contributed by atoms with Crippen LogP contribution in [-0.2, 0) is 42.1 Å². The third kappa shape index (κ3) is 9.27. The summed E-state index contributed by atoms with van der Waals surface area (Å²) in [5.41, 5.74) is 9.23. The molecule has 60 heavy (non-hydrogen) atoms. The number of halogens is 2. The molecule has 0 aromatic heterocycles. The van der Waals surface area contributed by atoms with E-state index in [-0.39, 0.29) is 18.4 Å². The van der Waals surface area contributed by atoms with Crippen molar-refractivity contribution in [1.29, 1.82) is 5.26 Å². The fraction of sp³-hybridized carbons (Fsp3) is 0.204. The molecule has 6 aromatic carbocycles. The molecule has 0 fully saturated rings. The van der Waals surface area contributed by atoms with Crippen LogP contribution in [0.5, 0.6) is 17.2 Å². The Balaban J connectivity index is 0.968. The molecule has 0 bridgehead atoms. The minimum Gasteiger partial charge on any atom is -0.489 e. The van der Waals surface area contributed by atoms with E-state index in [0.29, 0.717) is 65.6 Å². The summed E-state index contributed by atoms with van der Waals surface area (Å²) in [5, 5.41) is 23.3. The minimum atomic E-state index is -1.14. The van der Waals surface area contributed by atoms with Gasteiger partial charge in [0.25, 0.3) is 0 Å². The van der Waals surface area contributed by atoms with Crippen LogP contribution in [0.25, 0.3) is 11.1 Å². The molecular weight excluding hydrogens is 797 g/mol. The second-order valence-corrected chi connectivity index (χ2v) is 15.9. The van der Waals surface area contributed by atoms with E-state index in [9.17, 15) is 14.7 Å². The first-order valence-corrected chi connectivity index (χ1v) is 20.4. The zero-order valence-electron chi connectivity index (χ0n) is 32.7. The van der Waals surface area contributed by atoms with Crippen molar-refractivity contribution in [3.63, 3.8) is 0 Å². The molecule has 302 valence electrons. The molecule has 2 aliphatic rings. The van der Waals surface area contributed by atoms with Gasteiger partial charge >= 0.3 is 5.97 Å². The van der Waals surface area contributed by atoms with Crippen LogP contribution in [0.15, 0.2) is 127 Å². The zero-order valence-corrected chi connectivity index (χ0v) is 34.2. The fourth-order valence-electron chi connectivity index (χ4n) is 7.65. The molecule has 0 radical (unpaired) electrons. The Bertz CT molecular complexity index is 2570. The number of benzene rings is 6. The van der Waals surface area contributed by atoms with E-state index < -0.39 is 18.1 Å². The maximum Gasteiger partial charge on any atom is 0.326 e. The Morgan fingerprint density at radius 3 is 2.27 bits per heavy atom. The quantitative estimate of drug-likeness (QED) is 0.125. The predicted octanol–water partition coefficient (Wildman–Crippen LogP) is 9.67. The Labute approximate surface area is 358 Å². The van der Waals surface area contributed by atoms with Crippen LogP contribution in [0.1, 0.15) is 50.6 Å². The molecule has 0 saturated heterocycles. The number of aryl methyl sites for hydroxylation is 1. The topological polar surface area (TPSA) is 121 Å². The lowest BCUT2D eigenvalue weighted by atomic mass is 9.91. The van der Waals surface area contributed by atoms with Gasteiger partial charge in [-0.05, 0) is 112 Å². The first-order valence-electron chi connectivity index (χ1n) is 19.6. The summed E-state index contributed by atoms with van der Waals surface area (Å²) in [5.74, 6) is 0.467. The summed E-state index contributed by atoms with van der Waals surface area (Å²) in [6.45, 7) is 3.63. The first kappa shape index (κ1) is 40.5. The molecular formula is C49H41Cl2N3O6. The third-order valence-electron chi connectivity index (χ3n) is 11.1. The third-order valence-corrected chi connectivity index (χ3v) is 11.8. The van der Waals surface area contributed by atoms with Gasteiger partial charge < -0.3 is 24.6 Å². The number of amides is 1. The minimum absolute atomic E-state index is 0.115. The number of carbonyl (C=O) groups is 2. The second-order valence-electron chi connectivity index (χ2n) is 15.1. The number of fused-ring (bicyclic) bond motifs is 2. The molecule has 0 aliphatic carbocycles. The number of hydrogen-bond acceptors (Lipinski definition) is 7. The molecule has 1 amide bonds. The number of carboxylic acids is 1. The number of aliphatic carboxylic acids is 1. The van der Waals surface area contributed by atoms with Crippen molar-refractivity contribution in [3.05, 3.63) is 182 Å². The lowest BCUT2D eigenvalue weighted by Crippen LogP contribution is -2.54. The normalized spacial score (nSPS) is 16.2. The fourth-order valence-corrected chi connectivity index (χ4v) is 7.97. The Kier molecular flexibility index (Phi) is 12.1. The largest absolute Gasteiger partial charge is 0.489 e. The van der Waals surface area contributed by atoms with Crippen molar-refractivity contribution < 1.29 is 28.9 Å². The van der Waals surface area contributed by atoms with E-state index >= 15 is 0 Å². The molecule has 9 nitrogen and oxygen atoms in total. The van der Waals surface area contributed by atoms with Gasteiger partial charge in [0, 0.05) is 19.5 Å². The Hall–Kier alpha value is -6.31. The number of nitriles is 1. The summed E-state index contributed by atoms with van der Waals surface area (Å²) in [6, 6.07) is 40.4. The number of carboxylic acid groups (broad SMARTS) is 1. The van der Waals surface area contributed by atoms with E-state index in [4.69, 9.17) is 42.7 Å². The highest BCUT2D eigenvalue weighted by Crippen LogP contribution is 2.41. The SMILES string of the molecule is Cc1ccccc1CN1Cc2cc3c(cc2CC1C(=O)N[C@@H](Cc1ccc(-c2ccc(C#N)cc2)cc1)C(=O)O)OC[C@H](c1ccc(OCc2ccc(Cl)c(Cl)c2)cc1)O3. The summed E-state index contributed by atoms with van der Waals surface area (Å²) < 4.78 is 18.8. The van der Waals surface area contributed by atoms with Gasteiger partial charge in [-0.15, -0.1) is 0 Å². The van der Waals surface area contributed by atoms with Gasteiger partial charge in [-0.1, -0.05) is 102 Å². The van der Waals surface area contributed by atoms with Crippen molar-refractivity contribution in [2.45, 2.75) is 57.6 Å². The zero-order chi connectivity index (χ0) is 41.8. The summed E-state index contributed by atoms with van der Waals surface area (Å²) in [7, 11) is 0. The van der Waals surface area contributed by atoms with E-state index in [1.165, 1.54) is 0 Å². The number of hydrogen-bond donors (Lipinski definition) is 2. The number of nitrogens with one attached hydrogen (secondary N) is 1. The van der Waals surface area contributed by atoms with Crippen molar-refractivity contribution >= 4 is 35.1 Å². The van der Waals surface area contributed by atoms with Gasteiger partial charge in [0.15, 0.2) is 17.6 Å². The van der Waals surface area contributed by atoms with E-state index in [1.807, 2.05) is 104 Å². The van der Waals surface area contributed by atoms with Gasteiger partial charge in [0.05, 0.1) is 27.7 Å². The molecule has 11 heteroatoms. The molecule has 3 atom stereocenters. The number of carbonyl (C=O) groups excluding carboxylic acids is 1. The van der Waals surface area contributed by atoms with Crippen molar-refractivity contribution in [2.75, 3.05) is 6.61 Å². The van der Waals surface area contributed by atoms with Crippen LogP contribution in [0.3, 0.4) is 0 Å². The molecule has 2 aliphatic heterocycles. The lowest BCUT2D eigenvalue weighted by Gasteiger charge is -2.38. The maximum absolute atomic E-state index is 14.2. The highest BCUT2D eigenvalue weighted by Gasteiger charge is 2.36.